The van der Waals surface area contributed by atoms with Crippen LogP contribution < -0.4 is 11.2 Å². The van der Waals surface area contributed by atoms with Crippen LogP contribution in [0.15, 0.2) is 52.1 Å². The largest absolute Gasteiger partial charge is 0.418 e. The molecule has 3 heterocycles. The molecule has 0 bridgehead atoms. The van der Waals surface area contributed by atoms with Gasteiger partial charge in [0, 0.05) is 17.5 Å². The molecule has 6 nitrogen and oxygen atoms in total. The van der Waals surface area contributed by atoms with E-state index in [0.717, 1.165) is 35.6 Å². The number of hydrogen-bond donors (Lipinski definition) is 1. The van der Waals surface area contributed by atoms with E-state index in [0.29, 0.717) is 21.1 Å². The Morgan fingerprint density at radius 1 is 1.06 bits per heavy atom. The van der Waals surface area contributed by atoms with E-state index in [1.807, 2.05) is 0 Å². The monoisotopic (exact) mass is 521 g/mol. The van der Waals surface area contributed by atoms with Crippen molar-refractivity contribution in [3.8, 4) is 5.69 Å². The molecule has 1 N–H and O–H groups in total. The Kier molecular flexibility index (Phi) is 5.78. The zero-order chi connectivity index (χ0) is 25.8. The van der Waals surface area contributed by atoms with Crippen LogP contribution in [0, 0.1) is 11.6 Å². The number of amides is 1. The second-order valence-electron chi connectivity index (χ2n) is 8.31. The van der Waals surface area contributed by atoms with Crippen molar-refractivity contribution in [2.75, 3.05) is 6.54 Å². The molecule has 1 amide bonds. The van der Waals surface area contributed by atoms with Crippen LogP contribution in [0.5, 0.6) is 0 Å². The van der Waals surface area contributed by atoms with E-state index >= 15 is 0 Å². The van der Waals surface area contributed by atoms with Crippen LogP contribution in [-0.4, -0.2) is 26.9 Å². The number of carbonyl (C=O) groups excluding carboxylic acids is 1. The molecule has 0 saturated carbocycles. The second kappa shape index (κ2) is 8.70. The highest BCUT2D eigenvalue weighted by molar-refractivity contribution is 7.18. The van der Waals surface area contributed by atoms with Gasteiger partial charge in [-0.3, -0.25) is 14.6 Å². The summed E-state index contributed by atoms with van der Waals surface area (Å²) < 4.78 is 68.0. The van der Waals surface area contributed by atoms with Gasteiger partial charge in [-0.15, -0.1) is 11.3 Å². The van der Waals surface area contributed by atoms with E-state index < -0.39 is 40.3 Å². The summed E-state index contributed by atoms with van der Waals surface area (Å²) in [6.45, 7) is 0.277. The van der Waals surface area contributed by atoms with Crippen LogP contribution >= 0.6 is 11.3 Å². The number of benzene rings is 2. The molecule has 0 saturated heterocycles. The van der Waals surface area contributed by atoms with Gasteiger partial charge in [-0.2, -0.15) is 13.2 Å². The maximum atomic E-state index is 13.5. The third-order valence-electron chi connectivity index (χ3n) is 5.98. The van der Waals surface area contributed by atoms with E-state index in [-0.39, 0.29) is 47.6 Å². The fourth-order valence-electron chi connectivity index (χ4n) is 4.41. The number of halogens is 5. The smallest absolute Gasteiger partial charge is 0.337 e. The maximum Gasteiger partial charge on any atom is 0.418 e. The topological polar surface area (TPSA) is 75.2 Å². The van der Waals surface area contributed by atoms with Crippen molar-refractivity contribution in [2.45, 2.75) is 25.6 Å². The summed E-state index contributed by atoms with van der Waals surface area (Å²) in [4.78, 5) is 43.6. The van der Waals surface area contributed by atoms with Crippen LogP contribution in [-0.2, 0) is 30.4 Å². The van der Waals surface area contributed by atoms with Gasteiger partial charge in [0.2, 0.25) is 5.91 Å². The zero-order valence-electron chi connectivity index (χ0n) is 18.3. The fourth-order valence-corrected chi connectivity index (χ4v) is 5.66. The molecule has 0 fully saturated rings. The SMILES string of the molecule is O=C(Cc1cc(F)cc(F)c1)N1CCc2c(sc3[nH]c(=O)n(-c4ccccc4C(F)(F)F)c(=O)c23)C1. The van der Waals surface area contributed by atoms with E-state index in [2.05, 4.69) is 4.98 Å². The summed E-state index contributed by atoms with van der Waals surface area (Å²) >= 11 is 1.07. The Bertz CT molecular complexity index is 1620. The van der Waals surface area contributed by atoms with E-state index in [9.17, 15) is 36.3 Å². The molecule has 1 aliphatic heterocycles. The lowest BCUT2D eigenvalue weighted by molar-refractivity contribution is -0.137. The van der Waals surface area contributed by atoms with Crippen molar-refractivity contribution in [1.29, 1.82) is 0 Å². The highest BCUT2D eigenvalue weighted by Crippen LogP contribution is 2.35. The average Bonchev–Trinajstić information content (AvgIpc) is 3.15. The normalized spacial score (nSPS) is 13.8. The van der Waals surface area contributed by atoms with Gasteiger partial charge >= 0.3 is 11.9 Å². The molecular weight excluding hydrogens is 505 g/mol. The van der Waals surface area contributed by atoms with Gasteiger partial charge in [-0.1, -0.05) is 12.1 Å². The standard InChI is InChI=1S/C24H16F5N3O3S/c25-13-7-12(8-14(26)10-13)9-19(33)31-6-5-15-18(11-31)36-21-20(15)22(34)32(23(35)30-21)17-4-2-1-3-16(17)24(27,28)29/h1-4,7-8,10H,5-6,9,11H2,(H,30,35). The van der Waals surface area contributed by atoms with Crippen molar-refractivity contribution in [3.63, 3.8) is 0 Å². The van der Waals surface area contributed by atoms with Gasteiger partial charge in [-0.25, -0.2) is 18.1 Å². The molecule has 186 valence electrons. The number of alkyl halides is 3. The van der Waals surface area contributed by atoms with Crippen LogP contribution in [0.1, 0.15) is 21.6 Å². The lowest BCUT2D eigenvalue weighted by Crippen LogP contribution is -2.37. The summed E-state index contributed by atoms with van der Waals surface area (Å²) in [6.07, 6.45) is -4.79. The summed E-state index contributed by atoms with van der Waals surface area (Å²) in [5, 5.41) is 0.103. The zero-order valence-corrected chi connectivity index (χ0v) is 19.1. The molecule has 12 heteroatoms. The number of aromatic amines is 1. The molecule has 1 aliphatic rings. The summed E-state index contributed by atoms with van der Waals surface area (Å²) in [5.74, 6) is -1.97. The minimum Gasteiger partial charge on any atom is -0.337 e. The number of hydrogen-bond acceptors (Lipinski definition) is 4. The Balaban J connectivity index is 1.52. The van der Waals surface area contributed by atoms with Crippen molar-refractivity contribution in [2.24, 2.45) is 0 Å². The first-order chi connectivity index (χ1) is 17.0. The van der Waals surface area contributed by atoms with E-state index in [1.54, 1.807) is 0 Å². The number of aromatic nitrogens is 2. The second-order valence-corrected chi connectivity index (χ2v) is 9.42. The number of fused-ring (bicyclic) bond motifs is 3. The predicted molar refractivity (Wildman–Crippen MR) is 122 cm³/mol. The number of carbonyl (C=O) groups is 1. The van der Waals surface area contributed by atoms with Crippen LogP contribution in [0.2, 0.25) is 0 Å². The van der Waals surface area contributed by atoms with Crippen molar-refractivity contribution in [1.82, 2.24) is 14.5 Å². The molecule has 2 aromatic heterocycles. The number of thiophene rings is 1. The Hall–Kier alpha value is -3.80. The van der Waals surface area contributed by atoms with Crippen molar-refractivity contribution < 1.29 is 26.7 Å². The molecule has 4 aromatic rings. The quantitative estimate of drug-likeness (QED) is 0.412. The van der Waals surface area contributed by atoms with Gasteiger partial charge < -0.3 is 4.90 Å². The molecule has 0 spiro atoms. The van der Waals surface area contributed by atoms with Gasteiger partial charge in [0.05, 0.1) is 29.6 Å². The van der Waals surface area contributed by atoms with Crippen LogP contribution in [0.4, 0.5) is 22.0 Å². The number of rotatable bonds is 3. The number of nitrogens with one attached hydrogen (secondary N) is 1. The Morgan fingerprint density at radius 3 is 2.44 bits per heavy atom. The molecule has 5 rings (SSSR count). The maximum absolute atomic E-state index is 13.5. The Morgan fingerprint density at radius 2 is 1.75 bits per heavy atom. The lowest BCUT2D eigenvalue weighted by Gasteiger charge is -2.27. The first-order valence-electron chi connectivity index (χ1n) is 10.7. The molecular formula is C24H16F5N3O3S. The summed E-state index contributed by atoms with van der Waals surface area (Å²) in [5.41, 5.74) is -2.85. The number of nitrogens with zero attached hydrogens (tertiary/aromatic N) is 2. The minimum absolute atomic E-state index is 0.0892. The summed E-state index contributed by atoms with van der Waals surface area (Å²) in [6, 6.07) is 7.17. The van der Waals surface area contributed by atoms with E-state index in [1.165, 1.54) is 17.0 Å². The van der Waals surface area contributed by atoms with Gasteiger partial charge in [0.25, 0.3) is 5.56 Å². The third-order valence-corrected chi connectivity index (χ3v) is 7.11. The van der Waals surface area contributed by atoms with E-state index in [4.69, 9.17) is 0 Å². The van der Waals surface area contributed by atoms with Gasteiger partial charge in [0.1, 0.15) is 16.5 Å². The molecule has 0 aliphatic carbocycles. The highest BCUT2D eigenvalue weighted by Gasteiger charge is 2.35. The molecule has 2 aromatic carbocycles. The predicted octanol–water partition coefficient (Wildman–Crippen LogP) is 4.16. The first-order valence-corrected chi connectivity index (χ1v) is 11.5. The number of para-hydroxylation sites is 1. The van der Waals surface area contributed by atoms with Crippen LogP contribution in [0.25, 0.3) is 15.9 Å². The van der Waals surface area contributed by atoms with Crippen LogP contribution in [0.3, 0.4) is 0 Å². The first kappa shape index (κ1) is 23.9. The van der Waals surface area contributed by atoms with Crippen molar-refractivity contribution in [3.05, 3.63) is 96.5 Å². The fraction of sp³-hybridized carbons (Fsp3) is 0.208. The Labute approximate surface area is 203 Å². The summed E-state index contributed by atoms with van der Waals surface area (Å²) in [7, 11) is 0. The van der Waals surface area contributed by atoms with Gasteiger partial charge in [0.15, 0.2) is 0 Å². The molecule has 36 heavy (non-hydrogen) atoms. The van der Waals surface area contributed by atoms with Crippen molar-refractivity contribution >= 4 is 27.5 Å². The third kappa shape index (κ3) is 4.21. The minimum atomic E-state index is -4.78. The molecule has 0 unspecified atom stereocenters. The lowest BCUT2D eigenvalue weighted by atomic mass is 10.0. The molecule has 0 atom stereocenters. The molecule has 0 radical (unpaired) electrons. The highest BCUT2D eigenvalue weighted by atomic mass is 32.1. The average molecular weight is 521 g/mol. The van der Waals surface area contributed by atoms with Gasteiger partial charge in [-0.05, 0) is 41.8 Å². The number of H-pyrrole nitrogens is 1.